The van der Waals surface area contributed by atoms with Crippen LogP contribution in [-0.4, -0.2) is 38.8 Å². The first kappa shape index (κ1) is 16.9. The average Bonchev–Trinajstić information content (AvgIpc) is 3.32. The van der Waals surface area contributed by atoms with E-state index in [0.29, 0.717) is 11.6 Å². The Morgan fingerprint density at radius 2 is 2.08 bits per heavy atom. The third-order valence-corrected chi connectivity index (χ3v) is 5.76. The standard InChI is InChI=1S/C19H21N5OS/c1-12-11-26-17-15(12)22-19(21-13(2)14-7-3-4-8-20-14)23-16(17)18(25)24-9-5-6-10-24/h3-4,7-8,11,13H,5-6,9-10H2,1-2H3,(H,21,22,23). The van der Waals surface area contributed by atoms with Crippen molar-refractivity contribution in [3.63, 3.8) is 0 Å². The van der Waals surface area contributed by atoms with Crippen molar-refractivity contribution in [2.75, 3.05) is 18.4 Å². The molecule has 0 aliphatic carbocycles. The van der Waals surface area contributed by atoms with Gasteiger partial charge >= 0.3 is 0 Å². The van der Waals surface area contributed by atoms with E-state index < -0.39 is 0 Å². The molecule has 0 saturated carbocycles. The van der Waals surface area contributed by atoms with Crippen LogP contribution in [0.25, 0.3) is 10.2 Å². The van der Waals surface area contributed by atoms with Gasteiger partial charge in [-0.3, -0.25) is 9.78 Å². The minimum absolute atomic E-state index is 0.00490. The predicted molar refractivity (Wildman–Crippen MR) is 104 cm³/mol. The van der Waals surface area contributed by atoms with Crippen molar-refractivity contribution in [1.29, 1.82) is 0 Å². The summed E-state index contributed by atoms with van der Waals surface area (Å²) in [7, 11) is 0. The number of nitrogens with one attached hydrogen (secondary N) is 1. The Morgan fingerprint density at radius 1 is 1.27 bits per heavy atom. The number of hydrogen-bond donors (Lipinski definition) is 1. The lowest BCUT2D eigenvalue weighted by Gasteiger charge is -2.17. The lowest BCUT2D eigenvalue weighted by molar-refractivity contribution is 0.0789. The zero-order valence-corrected chi connectivity index (χ0v) is 15.7. The van der Waals surface area contributed by atoms with Gasteiger partial charge in [-0.2, -0.15) is 0 Å². The predicted octanol–water partition coefficient (Wildman–Crippen LogP) is 3.80. The minimum atomic E-state index is -0.0534. The SMILES string of the molecule is Cc1csc2c(C(=O)N3CCCC3)nc(NC(C)c3ccccn3)nc12. The van der Waals surface area contributed by atoms with Gasteiger partial charge in [-0.1, -0.05) is 6.07 Å². The molecule has 1 fully saturated rings. The molecule has 0 aromatic carbocycles. The van der Waals surface area contributed by atoms with Crippen LogP contribution in [0.5, 0.6) is 0 Å². The van der Waals surface area contributed by atoms with Crippen LogP contribution in [0.4, 0.5) is 5.95 Å². The maximum absolute atomic E-state index is 13.0. The molecular formula is C19H21N5OS. The number of aromatic nitrogens is 3. The first-order chi connectivity index (χ1) is 12.6. The number of fused-ring (bicyclic) bond motifs is 1. The van der Waals surface area contributed by atoms with Crippen LogP contribution in [0.15, 0.2) is 29.8 Å². The van der Waals surface area contributed by atoms with Crippen LogP contribution in [0.3, 0.4) is 0 Å². The fourth-order valence-corrected chi connectivity index (χ4v) is 4.18. The molecule has 26 heavy (non-hydrogen) atoms. The third-order valence-electron chi connectivity index (χ3n) is 4.67. The normalized spacial score (nSPS) is 15.4. The second-order valence-electron chi connectivity index (χ2n) is 6.61. The second-order valence-corrected chi connectivity index (χ2v) is 7.49. The van der Waals surface area contributed by atoms with Crippen LogP contribution in [-0.2, 0) is 0 Å². The number of carbonyl (C=O) groups is 1. The van der Waals surface area contributed by atoms with Gasteiger partial charge in [-0.25, -0.2) is 9.97 Å². The molecule has 4 heterocycles. The molecule has 1 atom stereocenters. The number of carbonyl (C=O) groups excluding carboxylic acids is 1. The molecule has 0 spiro atoms. The van der Waals surface area contributed by atoms with Crippen molar-refractivity contribution in [1.82, 2.24) is 19.9 Å². The molecule has 134 valence electrons. The highest BCUT2D eigenvalue weighted by atomic mass is 32.1. The van der Waals surface area contributed by atoms with Crippen molar-refractivity contribution < 1.29 is 4.79 Å². The van der Waals surface area contributed by atoms with Crippen molar-refractivity contribution in [2.45, 2.75) is 32.7 Å². The molecule has 1 saturated heterocycles. The molecule has 7 heteroatoms. The highest BCUT2D eigenvalue weighted by Crippen LogP contribution is 2.29. The summed E-state index contributed by atoms with van der Waals surface area (Å²) in [5, 5.41) is 5.34. The molecule has 1 amide bonds. The van der Waals surface area contributed by atoms with Crippen LogP contribution in [0, 0.1) is 6.92 Å². The number of likely N-dealkylation sites (tertiary alicyclic amines) is 1. The van der Waals surface area contributed by atoms with Crippen molar-refractivity contribution in [3.8, 4) is 0 Å². The summed E-state index contributed by atoms with van der Waals surface area (Å²) in [4.78, 5) is 28.5. The Morgan fingerprint density at radius 3 is 2.81 bits per heavy atom. The number of nitrogens with zero attached hydrogens (tertiary/aromatic N) is 4. The van der Waals surface area contributed by atoms with Crippen LogP contribution in [0.2, 0.25) is 0 Å². The molecule has 6 nitrogen and oxygen atoms in total. The van der Waals surface area contributed by atoms with Gasteiger partial charge in [0.1, 0.15) is 0 Å². The van der Waals surface area contributed by atoms with Gasteiger partial charge in [0, 0.05) is 19.3 Å². The molecule has 3 aromatic rings. The van der Waals surface area contributed by atoms with Crippen molar-refractivity contribution in [2.24, 2.45) is 0 Å². The van der Waals surface area contributed by atoms with Crippen molar-refractivity contribution >= 4 is 33.4 Å². The van der Waals surface area contributed by atoms with Crippen molar-refractivity contribution in [3.05, 3.63) is 46.7 Å². The Kier molecular flexibility index (Phi) is 4.55. The molecule has 3 aromatic heterocycles. The smallest absolute Gasteiger partial charge is 0.274 e. The number of hydrogen-bond acceptors (Lipinski definition) is 6. The topological polar surface area (TPSA) is 71.0 Å². The molecule has 1 unspecified atom stereocenters. The highest BCUT2D eigenvalue weighted by Gasteiger charge is 2.25. The molecule has 0 radical (unpaired) electrons. The monoisotopic (exact) mass is 367 g/mol. The summed E-state index contributed by atoms with van der Waals surface area (Å²) < 4.78 is 0.871. The van der Waals surface area contributed by atoms with Crippen LogP contribution < -0.4 is 5.32 Å². The fourth-order valence-electron chi connectivity index (χ4n) is 3.21. The molecule has 1 aliphatic heterocycles. The van der Waals surface area contributed by atoms with Gasteiger partial charge in [0.05, 0.1) is 22.0 Å². The first-order valence-corrected chi connectivity index (χ1v) is 9.74. The number of aryl methyl sites for hydroxylation is 1. The van der Waals surface area contributed by atoms with Gasteiger partial charge in [0.15, 0.2) is 5.69 Å². The minimum Gasteiger partial charge on any atom is -0.346 e. The van der Waals surface area contributed by atoms with E-state index in [4.69, 9.17) is 0 Å². The summed E-state index contributed by atoms with van der Waals surface area (Å²) in [6, 6.07) is 5.75. The van der Waals surface area contributed by atoms with Crippen LogP contribution >= 0.6 is 11.3 Å². The van der Waals surface area contributed by atoms with E-state index in [1.807, 2.05) is 42.3 Å². The first-order valence-electron chi connectivity index (χ1n) is 8.86. The summed E-state index contributed by atoms with van der Waals surface area (Å²) in [6.07, 6.45) is 3.89. The lowest BCUT2D eigenvalue weighted by Crippen LogP contribution is -2.29. The van der Waals surface area contributed by atoms with E-state index in [9.17, 15) is 4.79 Å². The van der Waals surface area contributed by atoms with E-state index in [2.05, 4.69) is 20.3 Å². The fraction of sp³-hybridized carbons (Fsp3) is 0.368. The summed E-state index contributed by atoms with van der Waals surface area (Å²) >= 11 is 1.54. The molecule has 4 rings (SSSR count). The number of amides is 1. The average molecular weight is 367 g/mol. The summed E-state index contributed by atoms with van der Waals surface area (Å²) in [6.45, 7) is 5.64. The zero-order valence-electron chi connectivity index (χ0n) is 14.9. The summed E-state index contributed by atoms with van der Waals surface area (Å²) in [5.74, 6) is 0.477. The number of pyridine rings is 1. The summed E-state index contributed by atoms with van der Waals surface area (Å²) in [5.41, 5.74) is 3.33. The van der Waals surface area contributed by atoms with Crippen LogP contribution in [0.1, 0.15) is 47.6 Å². The molecule has 1 N–H and O–H groups in total. The maximum atomic E-state index is 13.0. The van der Waals surface area contributed by atoms with Gasteiger partial charge in [-0.15, -0.1) is 11.3 Å². The molecule has 1 aliphatic rings. The number of rotatable bonds is 4. The van der Waals surface area contributed by atoms with E-state index in [-0.39, 0.29) is 11.9 Å². The molecule has 0 bridgehead atoms. The Hall–Kier alpha value is -2.54. The quantitative estimate of drug-likeness (QED) is 0.759. The Bertz CT molecular complexity index is 934. The highest BCUT2D eigenvalue weighted by molar-refractivity contribution is 7.17. The van der Waals surface area contributed by atoms with Gasteiger partial charge in [-0.05, 0) is 49.8 Å². The van der Waals surface area contributed by atoms with Gasteiger partial charge in [0.2, 0.25) is 5.95 Å². The van der Waals surface area contributed by atoms with E-state index in [1.54, 1.807) is 6.20 Å². The number of anilines is 1. The largest absolute Gasteiger partial charge is 0.346 e. The number of thiophene rings is 1. The lowest BCUT2D eigenvalue weighted by atomic mass is 10.2. The Labute approximate surface area is 156 Å². The third kappa shape index (κ3) is 3.14. The zero-order chi connectivity index (χ0) is 18.1. The Balaban J connectivity index is 1.71. The molecular weight excluding hydrogens is 346 g/mol. The second kappa shape index (κ2) is 6.99. The van der Waals surface area contributed by atoms with E-state index in [1.165, 1.54) is 11.3 Å². The van der Waals surface area contributed by atoms with Gasteiger partial charge < -0.3 is 10.2 Å². The maximum Gasteiger partial charge on any atom is 0.274 e. The van der Waals surface area contributed by atoms with E-state index >= 15 is 0 Å². The van der Waals surface area contributed by atoms with Gasteiger partial charge in [0.25, 0.3) is 5.91 Å². The van der Waals surface area contributed by atoms with E-state index in [0.717, 1.165) is 47.4 Å².